The molecule has 1 fully saturated rings. The summed E-state index contributed by atoms with van der Waals surface area (Å²) >= 11 is 0. The van der Waals surface area contributed by atoms with E-state index < -0.39 is 11.5 Å². The molecule has 1 aromatic rings. The number of hydrogen-bond donors (Lipinski definition) is 1. The summed E-state index contributed by atoms with van der Waals surface area (Å²) in [6.45, 7) is 3.56. The van der Waals surface area contributed by atoms with Crippen LogP contribution >= 0.6 is 0 Å². The number of aryl methyl sites for hydroxylation is 2. The number of hydrogen-bond acceptors (Lipinski definition) is 4. The zero-order chi connectivity index (χ0) is 15.7. The number of carboxylic acids is 1. The second-order valence-electron chi connectivity index (χ2n) is 5.39. The zero-order valence-electron chi connectivity index (χ0n) is 12.4. The van der Waals surface area contributed by atoms with Crippen molar-refractivity contribution in [3.8, 4) is 0 Å². The van der Waals surface area contributed by atoms with Gasteiger partial charge in [0.1, 0.15) is 5.56 Å². The molecular formula is C14H19N3O4. The highest BCUT2D eigenvalue weighted by Gasteiger charge is 2.35. The van der Waals surface area contributed by atoms with Crippen molar-refractivity contribution in [3.05, 3.63) is 27.2 Å². The van der Waals surface area contributed by atoms with E-state index in [4.69, 9.17) is 5.11 Å². The van der Waals surface area contributed by atoms with E-state index in [-0.39, 0.29) is 30.5 Å². The average molecular weight is 293 g/mol. The van der Waals surface area contributed by atoms with E-state index in [0.717, 1.165) is 17.5 Å². The lowest BCUT2D eigenvalue weighted by molar-refractivity contribution is -0.137. The minimum atomic E-state index is -0.955. The first-order valence-electron chi connectivity index (χ1n) is 6.90. The lowest BCUT2D eigenvalue weighted by Crippen LogP contribution is -2.40. The Balaban J connectivity index is 2.37. The van der Waals surface area contributed by atoms with Gasteiger partial charge in [-0.2, -0.15) is 5.10 Å². The smallest absolute Gasteiger partial charge is 0.305 e. The van der Waals surface area contributed by atoms with Gasteiger partial charge in [0.15, 0.2) is 0 Å². The molecular weight excluding hydrogens is 274 g/mol. The van der Waals surface area contributed by atoms with Crippen molar-refractivity contribution in [1.82, 2.24) is 14.7 Å². The number of aliphatic carboxylic acids is 1. The van der Waals surface area contributed by atoms with Gasteiger partial charge in [-0.25, -0.2) is 4.68 Å². The summed E-state index contributed by atoms with van der Waals surface area (Å²) in [4.78, 5) is 37.1. The van der Waals surface area contributed by atoms with E-state index in [1.54, 1.807) is 13.8 Å². The molecule has 0 spiro atoms. The van der Waals surface area contributed by atoms with Crippen molar-refractivity contribution in [2.24, 2.45) is 7.05 Å². The summed E-state index contributed by atoms with van der Waals surface area (Å²) in [5, 5.41) is 12.8. The highest BCUT2D eigenvalue weighted by atomic mass is 16.4. The second-order valence-corrected chi connectivity index (χ2v) is 5.39. The van der Waals surface area contributed by atoms with Gasteiger partial charge in [-0.3, -0.25) is 14.4 Å². The maximum absolute atomic E-state index is 12.7. The molecule has 7 heteroatoms. The third-order valence-corrected chi connectivity index (χ3v) is 3.75. The molecule has 2 rings (SSSR count). The van der Waals surface area contributed by atoms with Gasteiger partial charge in [0.25, 0.3) is 11.5 Å². The van der Waals surface area contributed by atoms with Crippen LogP contribution in [0, 0.1) is 13.8 Å². The Morgan fingerprint density at radius 2 is 2.00 bits per heavy atom. The number of carboxylic acid groups (broad SMARTS) is 1. The first-order valence-corrected chi connectivity index (χ1v) is 6.90. The van der Waals surface area contributed by atoms with Crippen LogP contribution in [-0.4, -0.2) is 44.3 Å². The van der Waals surface area contributed by atoms with Gasteiger partial charge in [-0.1, -0.05) is 0 Å². The van der Waals surface area contributed by atoms with Crippen molar-refractivity contribution in [1.29, 1.82) is 0 Å². The summed E-state index contributed by atoms with van der Waals surface area (Å²) in [5.74, 6) is -1.34. The van der Waals surface area contributed by atoms with Crippen molar-refractivity contribution < 1.29 is 14.7 Å². The van der Waals surface area contributed by atoms with Gasteiger partial charge in [0, 0.05) is 19.6 Å². The molecule has 0 saturated heterocycles. The van der Waals surface area contributed by atoms with E-state index >= 15 is 0 Å². The van der Waals surface area contributed by atoms with E-state index in [9.17, 15) is 14.4 Å². The van der Waals surface area contributed by atoms with Crippen LogP contribution in [0.1, 0.15) is 40.9 Å². The molecule has 1 aliphatic carbocycles. The monoisotopic (exact) mass is 293 g/mol. The van der Waals surface area contributed by atoms with Crippen LogP contribution in [0.15, 0.2) is 4.79 Å². The molecule has 0 aliphatic heterocycles. The molecule has 1 aliphatic rings. The molecule has 1 saturated carbocycles. The molecule has 114 valence electrons. The predicted molar refractivity (Wildman–Crippen MR) is 75.3 cm³/mol. The Bertz CT molecular complexity index is 646. The second kappa shape index (κ2) is 5.67. The average Bonchev–Trinajstić information content (AvgIpc) is 3.21. The van der Waals surface area contributed by atoms with E-state index in [2.05, 4.69) is 5.10 Å². The SMILES string of the molecule is Cc1nn(C)c(=O)c(C(=O)N(CCC(=O)O)C2CC2)c1C. The third kappa shape index (κ3) is 3.12. The third-order valence-electron chi connectivity index (χ3n) is 3.75. The Hall–Kier alpha value is -2.18. The summed E-state index contributed by atoms with van der Waals surface area (Å²) < 4.78 is 1.15. The van der Waals surface area contributed by atoms with Crippen LogP contribution in [0.3, 0.4) is 0 Å². The minimum absolute atomic E-state index is 0.0504. The molecule has 0 atom stereocenters. The topological polar surface area (TPSA) is 92.5 Å². The van der Waals surface area contributed by atoms with Crippen LogP contribution in [0.2, 0.25) is 0 Å². The van der Waals surface area contributed by atoms with E-state index in [0.29, 0.717) is 11.3 Å². The normalized spacial score (nSPS) is 14.0. The molecule has 21 heavy (non-hydrogen) atoms. The fourth-order valence-electron chi connectivity index (χ4n) is 2.30. The van der Waals surface area contributed by atoms with Crippen LogP contribution in [-0.2, 0) is 11.8 Å². The van der Waals surface area contributed by atoms with Gasteiger partial charge in [-0.15, -0.1) is 0 Å². The standard InChI is InChI=1S/C14H19N3O4/c1-8-9(2)15-16(3)13(20)12(8)14(21)17(10-4-5-10)7-6-11(18)19/h10H,4-7H2,1-3H3,(H,18,19). The summed E-state index contributed by atoms with van der Waals surface area (Å²) in [6, 6.07) is 0.0504. The summed E-state index contributed by atoms with van der Waals surface area (Å²) in [5.41, 5.74) is 0.838. The highest BCUT2D eigenvalue weighted by molar-refractivity contribution is 5.96. The number of carbonyl (C=O) groups excluding carboxylic acids is 1. The molecule has 1 heterocycles. The quantitative estimate of drug-likeness (QED) is 0.852. The summed E-state index contributed by atoms with van der Waals surface area (Å²) in [6.07, 6.45) is 1.59. The van der Waals surface area contributed by atoms with Crippen LogP contribution in [0.5, 0.6) is 0 Å². The van der Waals surface area contributed by atoms with Crippen LogP contribution in [0.4, 0.5) is 0 Å². The van der Waals surface area contributed by atoms with Crippen molar-refractivity contribution in [2.75, 3.05) is 6.54 Å². The largest absolute Gasteiger partial charge is 0.481 e. The predicted octanol–water partition coefficient (Wildman–Crippen LogP) is 0.476. The van der Waals surface area contributed by atoms with Gasteiger partial charge >= 0.3 is 5.97 Å². The Kier molecular flexibility index (Phi) is 4.11. The molecule has 1 aromatic heterocycles. The first kappa shape index (κ1) is 15.2. The van der Waals surface area contributed by atoms with Crippen molar-refractivity contribution >= 4 is 11.9 Å². The van der Waals surface area contributed by atoms with Crippen LogP contribution in [0.25, 0.3) is 0 Å². The van der Waals surface area contributed by atoms with Gasteiger partial charge < -0.3 is 10.0 Å². The Morgan fingerprint density at radius 1 is 1.38 bits per heavy atom. The molecule has 1 N–H and O–H groups in total. The fraction of sp³-hybridized carbons (Fsp3) is 0.571. The number of aromatic nitrogens is 2. The molecule has 0 bridgehead atoms. The Morgan fingerprint density at radius 3 is 2.52 bits per heavy atom. The molecule has 7 nitrogen and oxygen atoms in total. The maximum Gasteiger partial charge on any atom is 0.305 e. The van der Waals surface area contributed by atoms with E-state index in [1.165, 1.54) is 11.9 Å². The number of amides is 1. The van der Waals surface area contributed by atoms with E-state index in [1.807, 2.05) is 0 Å². The molecule has 0 radical (unpaired) electrons. The Labute approximate surface area is 122 Å². The lowest BCUT2D eigenvalue weighted by atomic mass is 10.1. The first-order chi connectivity index (χ1) is 9.82. The highest BCUT2D eigenvalue weighted by Crippen LogP contribution is 2.28. The molecule has 0 unspecified atom stereocenters. The zero-order valence-corrected chi connectivity index (χ0v) is 12.4. The number of carbonyl (C=O) groups is 2. The molecule has 0 aromatic carbocycles. The van der Waals surface area contributed by atoms with Crippen molar-refractivity contribution in [3.63, 3.8) is 0 Å². The fourth-order valence-corrected chi connectivity index (χ4v) is 2.30. The van der Waals surface area contributed by atoms with Gasteiger partial charge in [0.05, 0.1) is 12.1 Å². The van der Waals surface area contributed by atoms with Crippen LogP contribution < -0.4 is 5.56 Å². The minimum Gasteiger partial charge on any atom is -0.481 e. The lowest BCUT2D eigenvalue weighted by Gasteiger charge is -2.22. The summed E-state index contributed by atoms with van der Waals surface area (Å²) in [7, 11) is 1.50. The van der Waals surface area contributed by atoms with Crippen molar-refractivity contribution in [2.45, 2.75) is 39.2 Å². The number of nitrogens with zero attached hydrogens (tertiary/aromatic N) is 3. The molecule has 1 amide bonds. The maximum atomic E-state index is 12.7. The number of rotatable bonds is 5. The van der Waals surface area contributed by atoms with Gasteiger partial charge in [-0.05, 0) is 32.3 Å². The van der Waals surface area contributed by atoms with Gasteiger partial charge in [0.2, 0.25) is 0 Å².